The lowest BCUT2D eigenvalue weighted by molar-refractivity contribution is -0.131. The summed E-state index contributed by atoms with van der Waals surface area (Å²) in [7, 11) is 1.56. The van der Waals surface area contributed by atoms with Gasteiger partial charge in [0.2, 0.25) is 5.91 Å². The second kappa shape index (κ2) is 8.12. The molecule has 0 aliphatic rings. The quantitative estimate of drug-likeness (QED) is 0.602. The number of nitrogens with zero attached hydrogens (tertiary/aromatic N) is 2. The van der Waals surface area contributed by atoms with E-state index in [0.717, 1.165) is 0 Å². The summed E-state index contributed by atoms with van der Waals surface area (Å²) in [6.07, 6.45) is -2.18. The highest BCUT2D eigenvalue weighted by atomic mass is 19.3. The summed E-state index contributed by atoms with van der Waals surface area (Å²) in [5.41, 5.74) is 0. The maximum Gasteiger partial charge on any atom is 0.261 e. The third kappa shape index (κ3) is 7.82. The van der Waals surface area contributed by atoms with Crippen LogP contribution in [0, 0.1) is 11.3 Å². The Morgan fingerprint density at radius 3 is 2.80 bits per heavy atom. The summed E-state index contributed by atoms with van der Waals surface area (Å²) in [6, 6.07) is 1.91. The number of nitriles is 1. The topological polar surface area (TPSA) is 53.3 Å². The molecule has 0 aliphatic heterocycles. The molecule has 0 aromatic heterocycles. The van der Waals surface area contributed by atoms with Crippen molar-refractivity contribution in [1.29, 1.82) is 5.26 Å². The van der Waals surface area contributed by atoms with E-state index in [1.165, 1.54) is 4.90 Å². The molecule has 0 aromatic carbocycles. The van der Waals surface area contributed by atoms with Crippen molar-refractivity contribution in [1.82, 2.24) is 4.90 Å². The van der Waals surface area contributed by atoms with E-state index in [1.807, 2.05) is 6.07 Å². The predicted octanol–water partition coefficient (Wildman–Crippen LogP) is 1.03. The molecule has 0 aromatic rings. The van der Waals surface area contributed by atoms with E-state index in [9.17, 15) is 13.6 Å². The maximum absolute atomic E-state index is 11.6. The first kappa shape index (κ1) is 13.8. The van der Waals surface area contributed by atoms with Gasteiger partial charge in [-0.3, -0.25) is 4.79 Å². The van der Waals surface area contributed by atoms with E-state index in [-0.39, 0.29) is 25.4 Å². The van der Waals surface area contributed by atoms with Crippen molar-refractivity contribution in [3.63, 3.8) is 0 Å². The first-order valence-corrected chi connectivity index (χ1v) is 4.54. The molecule has 0 radical (unpaired) electrons. The Kier molecular flexibility index (Phi) is 7.46. The number of carbonyl (C=O) groups excluding carboxylic acids is 1. The lowest BCUT2D eigenvalue weighted by Gasteiger charge is -2.15. The molecule has 0 bridgehead atoms. The van der Waals surface area contributed by atoms with Crippen LogP contribution in [0.15, 0.2) is 0 Å². The highest BCUT2D eigenvalue weighted by molar-refractivity contribution is 5.75. The zero-order chi connectivity index (χ0) is 11.7. The van der Waals surface area contributed by atoms with Crippen molar-refractivity contribution in [2.75, 3.05) is 26.8 Å². The van der Waals surface area contributed by atoms with Crippen LogP contribution in [-0.4, -0.2) is 44.0 Å². The zero-order valence-electron chi connectivity index (χ0n) is 8.58. The fourth-order valence-electron chi connectivity index (χ4n) is 0.865. The van der Waals surface area contributed by atoms with Crippen LogP contribution in [0.3, 0.4) is 0 Å². The highest BCUT2D eigenvalue weighted by Crippen LogP contribution is 1.96. The van der Waals surface area contributed by atoms with Gasteiger partial charge < -0.3 is 9.64 Å². The van der Waals surface area contributed by atoms with Crippen LogP contribution >= 0.6 is 0 Å². The minimum absolute atomic E-state index is 0.0138. The molecule has 0 N–H and O–H groups in total. The van der Waals surface area contributed by atoms with Crippen LogP contribution in [0.25, 0.3) is 0 Å². The molecular weight excluding hydrogens is 206 g/mol. The zero-order valence-corrected chi connectivity index (χ0v) is 8.58. The highest BCUT2D eigenvalue weighted by Gasteiger charge is 2.08. The molecule has 0 rings (SSSR count). The average molecular weight is 220 g/mol. The lowest BCUT2D eigenvalue weighted by atomic mass is 10.3. The molecule has 0 saturated heterocycles. The number of hydrogen-bond acceptors (Lipinski definition) is 3. The van der Waals surface area contributed by atoms with Crippen molar-refractivity contribution >= 4 is 5.91 Å². The largest absolute Gasteiger partial charge is 0.375 e. The molecular formula is C9H14F2N2O2. The van der Waals surface area contributed by atoms with Gasteiger partial charge in [-0.2, -0.15) is 5.26 Å². The molecule has 0 heterocycles. The molecule has 0 saturated carbocycles. The Morgan fingerprint density at radius 1 is 1.60 bits per heavy atom. The molecule has 6 heteroatoms. The van der Waals surface area contributed by atoms with Gasteiger partial charge in [0.25, 0.3) is 6.43 Å². The van der Waals surface area contributed by atoms with Crippen molar-refractivity contribution in [2.24, 2.45) is 0 Å². The van der Waals surface area contributed by atoms with Crippen LogP contribution in [-0.2, 0) is 9.53 Å². The summed E-state index contributed by atoms with van der Waals surface area (Å²) in [5, 5.41) is 8.28. The van der Waals surface area contributed by atoms with Gasteiger partial charge in [-0.05, 0) is 0 Å². The van der Waals surface area contributed by atoms with Gasteiger partial charge in [-0.25, -0.2) is 8.78 Å². The monoisotopic (exact) mass is 220 g/mol. The van der Waals surface area contributed by atoms with Crippen LogP contribution in [0.5, 0.6) is 0 Å². The molecule has 0 unspecified atom stereocenters. The van der Waals surface area contributed by atoms with Crippen molar-refractivity contribution < 1.29 is 18.3 Å². The number of alkyl halides is 2. The number of halogens is 2. The number of hydrogen-bond donors (Lipinski definition) is 0. The Labute approximate surface area is 87.4 Å². The third-order valence-electron chi connectivity index (χ3n) is 1.69. The van der Waals surface area contributed by atoms with E-state index in [1.54, 1.807) is 7.05 Å². The summed E-state index contributed by atoms with van der Waals surface area (Å²) in [6.45, 7) is -0.306. The smallest absolute Gasteiger partial charge is 0.261 e. The second-order valence-corrected chi connectivity index (χ2v) is 2.94. The van der Waals surface area contributed by atoms with E-state index >= 15 is 0 Å². The molecule has 86 valence electrons. The van der Waals surface area contributed by atoms with E-state index < -0.39 is 13.0 Å². The van der Waals surface area contributed by atoms with Crippen molar-refractivity contribution in [3.8, 4) is 6.07 Å². The summed E-state index contributed by atoms with van der Waals surface area (Å²) in [5.74, 6) is -0.209. The van der Waals surface area contributed by atoms with Gasteiger partial charge in [-0.1, -0.05) is 0 Å². The number of rotatable bonds is 7. The van der Waals surface area contributed by atoms with Crippen molar-refractivity contribution in [3.05, 3.63) is 0 Å². The van der Waals surface area contributed by atoms with E-state index in [4.69, 9.17) is 5.26 Å². The standard InChI is InChI=1S/C9H14F2N2O2/c1-13(5-2-4-12)9(14)3-6-15-7-8(10)11/h8H,2-3,5-7H2,1H3. The Morgan fingerprint density at radius 2 is 2.27 bits per heavy atom. The molecule has 0 spiro atoms. The first-order chi connectivity index (χ1) is 7.07. The first-order valence-electron chi connectivity index (χ1n) is 4.54. The molecule has 0 fully saturated rings. The normalized spacial score (nSPS) is 10.1. The minimum atomic E-state index is -2.50. The fraction of sp³-hybridized carbons (Fsp3) is 0.778. The predicted molar refractivity (Wildman–Crippen MR) is 49.3 cm³/mol. The Balaban J connectivity index is 3.52. The number of ether oxygens (including phenoxy) is 1. The lowest BCUT2D eigenvalue weighted by Crippen LogP contribution is -2.28. The van der Waals surface area contributed by atoms with Gasteiger partial charge in [0, 0.05) is 13.6 Å². The van der Waals surface area contributed by atoms with E-state index in [0.29, 0.717) is 6.54 Å². The summed E-state index contributed by atoms with van der Waals surface area (Å²) in [4.78, 5) is 12.6. The van der Waals surface area contributed by atoms with Crippen LogP contribution in [0.4, 0.5) is 8.78 Å². The Hall–Kier alpha value is -1.22. The molecule has 0 atom stereocenters. The third-order valence-corrected chi connectivity index (χ3v) is 1.69. The molecule has 15 heavy (non-hydrogen) atoms. The maximum atomic E-state index is 11.6. The van der Waals surface area contributed by atoms with Crippen molar-refractivity contribution in [2.45, 2.75) is 19.3 Å². The van der Waals surface area contributed by atoms with Gasteiger partial charge >= 0.3 is 0 Å². The van der Waals surface area contributed by atoms with Crippen LogP contribution in [0.1, 0.15) is 12.8 Å². The van der Waals surface area contributed by atoms with Crippen LogP contribution in [0.2, 0.25) is 0 Å². The van der Waals surface area contributed by atoms with E-state index in [2.05, 4.69) is 4.74 Å². The summed E-state index contributed by atoms with van der Waals surface area (Å²) >= 11 is 0. The van der Waals surface area contributed by atoms with Gasteiger partial charge in [0.1, 0.15) is 6.61 Å². The fourth-order valence-corrected chi connectivity index (χ4v) is 0.865. The minimum Gasteiger partial charge on any atom is -0.375 e. The number of carbonyl (C=O) groups is 1. The Bertz CT molecular complexity index is 229. The van der Waals surface area contributed by atoms with Gasteiger partial charge in [-0.15, -0.1) is 0 Å². The molecule has 1 amide bonds. The van der Waals surface area contributed by atoms with Crippen LogP contribution < -0.4 is 0 Å². The number of amides is 1. The molecule has 0 aliphatic carbocycles. The second-order valence-electron chi connectivity index (χ2n) is 2.94. The summed E-state index contributed by atoms with van der Waals surface area (Å²) < 4.78 is 27.8. The van der Waals surface area contributed by atoms with Gasteiger partial charge in [0.05, 0.1) is 25.5 Å². The molecule has 4 nitrogen and oxygen atoms in total. The average Bonchev–Trinajstić information content (AvgIpc) is 2.20. The SMILES string of the molecule is CN(CCC#N)C(=O)CCOCC(F)F. The van der Waals surface area contributed by atoms with Gasteiger partial charge in [0.15, 0.2) is 0 Å².